The Kier molecular flexibility index (Phi) is 3.80. The standard InChI is InChI=1S/C21H20N2O3/c1-21(2)12-26-18-9-13(7-8-16(18)19(21)23-20(24)25)17-11-22-10-14-5-3-4-6-15(14)17/h3-11,19,23H,12H2,1-2H3,(H,24,25). The van der Waals surface area contributed by atoms with Gasteiger partial charge in [-0.2, -0.15) is 0 Å². The lowest BCUT2D eigenvalue weighted by Crippen LogP contribution is -2.43. The van der Waals surface area contributed by atoms with Crippen molar-refractivity contribution in [2.45, 2.75) is 19.9 Å². The van der Waals surface area contributed by atoms with Crippen molar-refractivity contribution in [2.75, 3.05) is 6.61 Å². The van der Waals surface area contributed by atoms with Gasteiger partial charge in [0.25, 0.3) is 0 Å². The van der Waals surface area contributed by atoms with Gasteiger partial charge in [-0.15, -0.1) is 0 Å². The predicted octanol–water partition coefficient (Wildman–Crippen LogP) is 4.63. The molecule has 1 aromatic heterocycles. The van der Waals surface area contributed by atoms with Crippen molar-refractivity contribution in [3.63, 3.8) is 0 Å². The number of hydrogen-bond acceptors (Lipinski definition) is 3. The smallest absolute Gasteiger partial charge is 0.405 e. The third-order valence-electron chi connectivity index (χ3n) is 4.95. The molecular weight excluding hydrogens is 328 g/mol. The van der Waals surface area contributed by atoms with Gasteiger partial charge >= 0.3 is 6.09 Å². The number of carboxylic acid groups (broad SMARTS) is 1. The molecule has 3 aromatic rings. The highest BCUT2D eigenvalue weighted by molar-refractivity contribution is 5.95. The fourth-order valence-electron chi connectivity index (χ4n) is 3.58. The van der Waals surface area contributed by atoms with Gasteiger partial charge in [0.2, 0.25) is 0 Å². The molecule has 1 aliphatic rings. The van der Waals surface area contributed by atoms with Crippen molar-refractivity contribution >= 4 is 16.9 Å². The summed E-state index contributed by atoms with van der Waals surface area (Å²) in [5.74, 6) is 0.716. The number of benzene rings is 2. The molecule has 26 heavy (non-hydrogen) atoms. The second kappa shape index (κ2) is 6.02. The van der Waals surface area contributed by atoms with Crippen LogP contribution >= 0.6 is 0 Å². The first-order chi connectivity index (χ1) is 12.5. The van der Waals surface area contributed by atoms with Crippen LogP contribution in [0.15, 0.2) is 54.9 Å². The SMILES string of the molecule is CC1(C)COc2cc(-c3cncc4ccccc34)ccc2C1NC(=O)O. The molecule has 1 atom stereocenters. The summed E-state index contributed by atoms with van der Waals surface area (Å²) in [5.41, 5.74) is 2.57. The van der Waals surface area contributed by atoms with E-state index in [0.717, 1.165) is 27.5 Å². The Morgan fingerprint density at radius 3 is 2.85 bits per heavy atom. The number of nitrogens with one attached hydrogen (secondary N) is 1. The first-order valence-electron chi connectivity index (χ1n) is 8.55. The third-order valence-corrected chi connectivity index (χ3v) is 4.95. The van der Waals surface area contributed by atoms with E-state index < -0.39 is 6.09 Å². The van der Waals surface area contributed by atoms with Gasteiger partial charge < -0.3 is 15.2 Å². The second-order valence-corrected chi connectivity index (χ2v) is 7.32. The molecule has 1 aliphatic heterocycles. The number of nitrogens with zero attached hydrogens (tertiary/aromatic N) is 1. The zero-order chi connectivity index (χ0) is 18.3. The van der Waals surface area contributed by atoms with Crippen LogP contribution in [0.4, 0.5) is 4.79 Å². The lowest BCUT2D eigenvalue weighted by molar-refractivity contribution is 0.0996. The Balaban J connectivity index is 1.82. The Bertz CT molecular complexity index is 992. The highest BCUT2D eigenvalue weighted by atomic mass is 16.5. The van der Waals surface area contributed by atoms with Gasteiger partial charge in [-0.3, -0.25) is 4.98 Å². The summed E-state index contributed by atoms with van der Waals surface area (Å²) in [5, 5.41) is 14.1. The molecule has 0 saturated heterocycles. The molecule has 1 amide bonds. The van der Waals surface area contributed by atoms with E-state index in [-0.39, 0.29) is 11.5 Å². The maximum absolute atomic E-state index is 11.2. The van der Waals surface area contributed by atoms with Crippen molar-refractivity contribution in [3.8, 4) is 16.9 Å². The molecule has 0 fully saturated rings. The van der Waals surface area contributed by atoms with E-state index in [4.69, 9.17) is 4.74 Å². The summed E-state index contributed by atoms with van der Waals surface area (Å²) >= 11 is 0. The maximum atomic E-state index is 11.2. The summed E-state index contributed by atoms with van der Waals surface area (Å²) in [7, 11) is 0. The average Bonchev–Trinajstić information content (AvgIpc) is 2.63. The largest absolute Gasteiger partial charge is 0.493 e. The topological polar surface area (TPSA) is 71.5 Å². The Hall–Kier alpha value is -3.08. The molecule has 5 nitrogen and oxygen atoms in total. The number of rotatable bonds is 2. The summed E-state index contributed by atoms with van der Waals surface area (Å²) < 4.78 is 5.97. The van der Waals surface area contributed by atoms with Crippen LogP contribution in [0.2, 0.25) is 0 Å². The number of pyridine rings is 1. The quantitative estimate of drug-likeness (QED) is 0.708. The summed E-state index contributed by atoms with van der Waals surface area (Å²) in [4.78, 5) is 15.6. The molecule has 132 valence electrons. The van der Waals surface area contributed by atoms with Crippen LogP contribution in [0.3, 0.4) is 0 Å². The molecule has 0 radical (unpaired) electrons. The highest BCUT2D eigenvalue weighted by Crippen LogP contribution is 2.44. The third kappa shape index (κ3) is 2.75. The first-order valence-corrected chi connectivity index (χ1v) is 8.55. The van der Waals surface area contributed by atoms with E-state index >= 15 is 0 Å². The molecule has 1 unspecified atom stereocenters. The molecule has 4 rings (SSSR count). The average molecular weight is 348 g/mol. The van der Waals surface area contributed by atoms with Crippen LogP contribution in [-0.4, -0.2) is 22.8 Å². The zero-order valence-electron chi connectivity index (χ0n) is 14.7. The highest BCUT2D eigenvalue weighted by Gasteiger charge is 2.38. The number of amides is 1. The number of fused-ring (bicyclic) bond motifs is 2. The van der Waals surface area contributed by atoms with Gasteiger partial charge in [0.15, 0.2) is 0 Å². The summed E-state index contributed by atoms with van der Waals surface area (Å²) in [6.07, 6.45) is 2.67. The lowest BCUT2D eigenvalue weighted by atomic mass is 9.78. The molecular formula is C21H20N2O3. The van der Waals surface area contributed by atoms with Crippen molar-refractivity contribution in [2.24, 2.45) is 5.41 Å². The van der Waals surface area contributed by atoms with Crippen LogP contribution < -0.4 is 10.1 Å². The van der Waals surface area contributed by atoms with Gasteiger partial charge in [0.1, 0.15) is 5.75 Å². The van der Waals surface area contributed by atoms with Crippen LogP contribution in [0.25, 0.3) is 21.9 Å². The van der Waals surface area contributed by atoms with Crippen molar-refractivity contribution in [3.05, 3.63) is 60.4 Å². The van der Waals surface area contributed by atoms with Gasteiger partial charge in [-0.25, -0.2) is 4.79 Å². The molecule has 2 heterocycles. The monoisotopic (exact) mass is 348 g/mol. The van der Waals surface area contributed by atoms with E-state index in [0.29, 0.717) is 12.4 Å². The Labute approximate surface area is 151 Å². The van der Waals surface area contributed by atoms with Crippen molar-refractivity contribution in [1.29, 1.82) is 0 Å². The minimum atomic E-state index is -1.03. The zero-order valence-corrected chi connectivity index (χ0v) is 14.7. The first kappa shape index (κ1) is 16.4. The van der Waals surface area contributed by atoms with Gasteiger partial charge in [-0.1, -0.05) is 50.2 Å². The molecule has 5 heteroatoms. The van der Waals surface area contributed by atoms with Crippen LogP contribution in [-0.2, 0) is 0 Å². The van der Waals surface area contributed by atoms with E-state index in [2.05, 4.69) is 16.4 Å². The van der Waals surface area contributed by atoms with Crippen LogP contribution in [0.5, 0.6) is 5.75 Å². The number of aromatic nitrogens is 1. The molecule has 0 bridgehead atoms. The second-order valence-electron chi connectivity index (χ2n) is 7.32. The molecule has 0 spiro atoms. The maximum Gasteiger partial charge on any atom is 0.405 e. The van der Waals surface area contributed by atoms with Gasteiger partial charge in [-0.05, 0) is 17.0 Å². The fourth-order valence-corrected chi connectivity index (χ4v) is 3.58. The lowest BCUT2D eigenvalue weighted by Gasteiger charge is -2.39. The predicted molar refractivity (Wildman–Crippen MR) is 100 cm³/mol. The van der Waals surface area contributed by atoms with Gasteiger partial charge in [0, 0.05) is 34.3 Å². The Morgan fingerprint density at radius 1 is 1.23 bits per heavy atom. The molecule has 0 aliphatic carbocycles. The molecule has 0 saturated carbocycles. The van der Waals surface area contributed by atoms with Crippen molar-refractivity contribution < 1.29 is 14.6 Å². The van der Waals surface area contributed by atoms with E-state index in [1.54, 1.807) is 0 Å². The van der Waals surface area contributed by atoms with Gasteiger partial charge in [0.05, 0.1) is 12.6 Å². The summed E-state index contributed by atoms with van der Waals surface area (Å²) in [6, 6.07) is 13.7. The van der Waals surface area contributed by atoms with E-state index in [1.807, 2.05) is 62.6 Å². The van der Waals surface area contributed by atoms with Crippen molar-refractivity contribution in [1.82, 2.24) is 10.3 Å². The van der Waals surface area contributed by atoms with E-state index in [9.17, 15) is 9.90 Å². The number of carbonyl (C=O) groups is 1. The van der Waals surface area contributed by atoms with Crippen LogP contribution in [0, 0.1) is 5.41 Å². The van der Waals surface area contributed by atoms with Crippen LogP contribution in [0.1, 0.15) is 25.5 Å². The number of hydrogen-bond donors (Lipinski definition) is 2. The minimum absolute atomic E-state index is 0.316. The Morgan fingerprint density at radius 2 is 2.04 bits per heavy atom. The van der Waals surface area contributed by atoms with E-state index in [1.165, 1.54) is 0 Å². The number of ether oxygens (including phenoxy) is 1. The minimum Gasteiger partial charge on any atom is -0.493 e. The molecule has 2 aromatic carbocycles. The normalized spacial score (nSPS) is 18.0. The summed E-state index contributed by atoms with van der Waals surface area (Å²) in [6.45, 7) is 4.44. The molecule has 2 N–H and O–H groups in total. The fraction of sp³-hybridized carbons (Fsp3) is 0.238.